The first-order chi connectivity index (χ1) is 19.1. The van der Waals surface area contributed by atoms with Crippen molar-refractivity contribution in [1.29, 1.82) is 0 Å². The molecule has 5 rings (SSSR count). The lowest BCUT2D eigenvalue weighted by Crippen LogP contribution is -2.42. The number of carbonyl (C=O) groups excluding carboxylic acids is 1. The number of carboxylic acids is 1. The predicted octanol–water partition coefficient (Wildman–Crippen LogP) is 6.16. The van der Waals surface area contributed by atoms with Crippen molar-refractivity contribution in [2.75, 3.05) is 0 Å². The number of carbonyl (C=O) groups is 2. The molecular formula is C29H20ClF3N4O3. The number of nitrogens with zero attached hydrogens (tertiary/aromatic N) is 3. The van der Waals surface area contributed by atoms with Gasteiger partial charge in [0, 0.05) is 34.3 Å². The molecule has 0 bridgehead atoms. The number of nitrogens with one attached hydrogen (secondary N) is 1. The van der Waals surface area contributed by atoms with E-state index < -0.39 is 29.7 Å². The van der Waals surface area contributed by atoms with Crippen LogP contribution in [0.2, 0.25) is 5.02 Å². The first kappa shape index (κ1) is 26.9. The fourth-order valence-corrected chi connectivity index (χ4v) is 4.59. The summed E-state index contributed by atoms with van der Waals surface area (Å²) in [6.07, 6.45) is -1.76. The lowest BCUT2D eigenvalue weighted by molar-refractivity contribution is -0.139. The average molecular weight is 565 g/mol. The Morgan fingerprint density at radius 2 is 1.60 bits per heavy atom. The van der Waals surface area contributed by atoms with Gasteiger partial charge in [-0.2, -0.15) is 18.3 Å². The summed E-state index contributed by atoms with van der Waals surface area (Å²) < 4.78 is 41.0. The normalized spacial score (nSPS) is 12.3. The number of hydrogen-bond acceptors (Lipinski definition) is 4. The van der Waals surface area contributed by atoms with Gasteiger partial charge in [0.1, 0.15) is 11.6 Å². The molecule has 0 saturated heterocycles. The lowest BCUT2D eigenvalue weighted by atomic mass is 9.99. The van der Waals surface area contributed by atoms with E-state index in [1.807, 2.05) is 0 Å². The number of halogens is 4. The minimum absolute atomic E-state index is 0.00168. The van der Waals surface area contributed by atoms with Crippen LogP contribution in [0, 0.1) is 0 Å². The first-order valence-corrected chi connectivity index (χ1v) is 12.4. The molecule has 2 heterocycles. The van der Waals surface area contributed by atoms with E-state index in [1.54, 1.807) is 54.6 Å². The number of aliphatic carboxylic acids is 1. The van der Waals surface area contributed by atoms with E-state index in [0.717, 1.165) is 17.7 Å². The molecule has 202 valence electrons. The predicted molar refractivity (Wildman–Crippen MR) is 143 cm³/mol. The third kappa shape index (κ3) is 5.39. The Hall–Kier alpha value is -4.70. The Bertz CT molecular complexity index is 1700. The van der Waals surface area contributed by atoms with Gasteiger partial charge >= 0.3 is 12.1 Å². The molecule has 1 atom stereocenters. The summed E-state index contributed by atoms with van der Waals surface area (Å²) in [4.78, 5) is 29.5. The third-order valence-electron chi connectivity index (χ3n) is 6.31. The molecule has 0 aliphatic rings. The van der Waals surface area contributed by atoms with E-state index in [-0.39, 0.29) is 17.6 Å². The average Bonchev–Trinajstić information content (AvgIpc) is 3.37. The second-order valence-electron chi connectivity index (χ2n) is 8.92. The van der Waals surface area contributed by atoms with Gasteiger partial charge in [-0.25, -0.2) is 14.3 Å². The number of fused-ring (bicyclic) bond motifs is 1. The molecule has 3 aromatic carbocycles. The number of amides is 1. The van der Waals surface area contributed by atoms with Crippen molar-refractivity contribution in [1.82, 2.24) is 19.9 Å². The van der Waals surface area contributed by atoms with Crippen LogP contribution < -0.4 is 5.32 Å². The Balaban J connectivity index is 1.59. The number of carboxylic acid groups (broad SMARTS) is 1. The lowest BCUT2D eigenvalue weighted by Gasteiger charge is -2.15. The fraction of sp³-hybridized carbons (Fsp3) is 0.103. The van der Waals surface area contributed by atoms with Crippen molar-refractivity contribution in [2.45, 2.75) is 18.6 Å². The van der Waals surface area contributed by atoms with Crippen LogP contribution in [-0.4, -0.2) is 37.6 Å². The summed E-state index contributed by atoms with van der Waals surface area (Å²) in [7, 11) is 0. The second kappa shape index (κ2) is 10.8. The van der Waals surface area contributed by atoms with Crippen molar-refractivity contribution < 1.29 is 27.9 Å². The van der Waals surface area contributed by atoms with Gasteiger partial charge in [0.25, 0.3) is 5.91 Å². The Morgan fingerprint density at radius 3 is 2.25 bits per heavy atom. The van der Waals surface area contributed by atoms with Gasteiger partial charge in [0.2, 0.25) is 0 Å². The molecule has 0 aliphatic carbocycles. The summed E-state index contributed by atoms with van der Waals surface area (Å²) in [5.74, 6) is -1.93. The van der Waals surface area contributed by atoms with Crippen LogP contribution in [0.25, 0.3) is 28.0 Å². The molecule has 0 spiro atoms. The van der Waals surface area contributed by atoms with Crippen LogP contribution in [0.1, 0.15) is 21.5 Å². The zero-order valence-corrected chi connectivity index (χ0v) is 21.3. The third-order valence-corrected chi connectivity index (χ3v) is 6.64. The Kier molecular flexibility index (Phi) is 7.27. The highest BCUT2D eigenvalue weighted by molar-refractivity contribution is 6.33. The highest BCUT2D eigenvalue weighted by atomic mass is 35.5. The van der Waals surface area contributed by atoms with Crippen molar-refractivity contribution in [2.24, 2.45) is 0 Å². The molecule has 0 aliphatic heterocycles. The van der Waals surface area contributed by atoms with E-state index in [2.05, 4.69) is 15.4 Å². The van der Waals surface area contributed by atoms with E-state index in [4.69, 9.17) is 11.6 Å². The summed E-state index contributed by atoms with van der Waals surface area (Å²) in [5.41, 5.74) is 1.75. The quantitative estimate of drug-likeness (QED) is 0.247. The van der Waals surface area contributed by atoms with Gasteiger partial charge in [0.15, 0.2) is 5.65 Å². The van der Waals surface area contributed by atoms with Crippen LogP contribution >= 0.6 is 11.6 Å². The van der Waals surface area contributed by atoms with Crippen LogP contribution in [0.4, 0.5) is 13.2 Å². The number of alkyl halides is 3. The molecule has 0 fully saturated rings. The van der Waals surface area contributed by atoms with E-state index in [9.17, 15) is 27.9 Å². The highest BCUT2D eigenvalue weighted by Gasteiger charge is 2.30. The largest absolute Gasteiger partial charge is 0.480 e. The maximum atomic E-state index is 13.2. The van der Waals surface area contributed by atoms with Gasteiger partial charge in [0.05, 0.1) is 17.5 Å². The molecule has 2 N–H and O–H groups in total. The minimum atomic E-state index is -4.52. The summed E-state index contributed by atoms with van der Waals surface area (Å²) in [5, 5.41) is 16.9. The number of benzene rings is 3. The zero-order valence-electron chi connectivity index (χ0n) is 20.6. The maximum Gasteiger partial charge on any atom is 0.416 e. The van der Waals surface area contributed by atoms with Crippen LogP contribution in [0.15, 0.2) is 91.3 Å². The SMILES string of the molecule is O=C(NC(Cc1ccccc1)C(=O)O)c1cnn2c(-c3ccc(C(F)(F)F)cc3)c(-c3ccccc3Cl)cnc12. The molecule has 7 nitrogen and oxygen atoms in total. The summed E-state index contributed by atoms with van der Waals surface area (Å²) in [6, 6.07) is 19.0. The van der Waals surface area contributed by atoms with E-state index >= 15 is 0 Å². The number of hydrogen-bond donors (Lipinski definition) is 2. The van der Waals surface area contributed by atoms with Crippen molar-refractivity contribution in [3.63, 3.8) is 0 Å². The molecule has 40 heavy (non-hydrogen) atoms. The van der Waals surface area contributed by atoms with Gasteiger partial charge in [-0.05, 0) is 23.8 Å². The molecule has 1 amide bonds. The Labute approximate surface area is 230 Å². The second-order valence-corrected chi connectivity index (χ2v) is 9.33. The van der Waals surface area contributed by atoms with Crippen LogP contribution in [-0.2, 0) is 17.4 Å². The van der Waals surface area contributed by atoms with Gasteiger partial charge in [-0.15, -0.1) is 0 Å². The molecule has 1 unspecified atom stereocenters. The van der Waals surface area contributed by atoms with Crippen molar-refractivity contribution in [3.05, 3.63) is 113 Å². The minimum Gasteiger partial charge on any atom is -0.480 e. The highest BCUT2D eigenvalue weighted by Crippen LogP contribution is 2.37. The molecule has 5 aromatic rings. The maximum absolute atomic E-state index is 13.2. The standard InChI is InChI=1S/C29H20ClF3N4O3/c30-23-9-5-4-8-20(23)21-15-34-26-22(27(38)36-24(28(39)40)14-17-6-2-1-3-7-17)16-35-37(26)25(21)18-10-12-19(13-11-18)29(31,32)33/h1-13,15-16,24H,14H2,(H,36,38)(H,39,40). The van der Waals surface area contributed by atoms with Gasteiger partial charge in [-0.3, -0.25) is 4.79 Å². The van der Waals surface area contributed by atoms with Gasteiger partial charge < -0.3 is 10.4 Å². The van der Waals surface area contributed by atoms with E-state index in [0.29, 0.717) is 27.4 Å². The number of rotatable bonds is 7. The molecule has 11 heteroatoms. The molecule has 0 radical (unpaired) electrons. The Morgan fingerprint density at radius 1 is 0.925 bits per heavy atom. The van der Waals surface area contributed by atoms with Gasteiger partial charge in [-0.1, -0.05) is 72.3 Å². The molecule has 0 saturated carbocycles. The summed E-state index contributed by atoms with van der Waals surface area (Å²) in [6.45, 7) is 0. The van der Waals surface area contributed by atoms with Crippen molar-refractivity contribution in [3.8, 4) is 22.4 Å². The van der Waals surface area contributed by atoms with Crippen LogP contribution in [0.3, 0.4) is 0 Å². The monoisotopic (exact) mass is 564 g/mol. The van der Waals surface area contributed by atoms with E-state index in [1.165, 1.54) is 29.0 Å². The zero-order chi connectivity index (χ0) is 28.4. The first-order valence-electron chi connectivity index (χ1n) is 12.0. The van der Waals surface area contributed by atoms with Crippen LogP contribution in [0.5, 0.6) is 0 Å². The number of aromatic nitrogens is 3. The fourth-order valence-electron chi connectivity index (χ4n) is 4.35. The smallest absolute Gasteiger partial charge is 0.416 e. The topological polar surface area (TPSA) is 96.6 Å². The molecular weight excluding hydrogens is 545 g/mol. The summed E-state index contributed by atoms with van der Waals surface area (Å²) >= 11 is 6.44. The van der Waals surface area contributed by atoms with Crippen molar-refractivity contribution >= 4 is 29.1 Å². The molecule has 2 aromatic heterocycles.